The molecule has 0 atom stereocenters. The van der Waals surface area contributed by atoms with E-state index in [1.807, 2.05) is 19.2 Å². The molecule has 2 aromatic rings. The zero-order valence-electron chi connectivity index (χ0n) is 10.3. The number of rotatable bonds is 0. The monoisotopic (exact) mass is 255 g/mol. The second-order valence-electron chi connectivity index (χ2n) is 4.53. The molecule has 0 unspecified atom stereocenters. The van der Waals surface area contributed by atoms with Gasteiger partial charge in [-0.2, -0.15) is 0 Å². The van der Waals surface area contributed by atoms with E-state index < -0.39 is 0 Å². The Morgan fingerprint density at radius 2 is 1.67 bits per heavy atom. The molecule has 0 spiro atoms. The molecule has 0 saturated carbocycles. The van der Waals surface area contributed by atoms with Crippen molar-refractivity contribution in [3.8, 4) is 0 Å². The highest BCUT2D eigenvalue weighted by Crippen LogP contribution is 2.27. The number of aryl methyl sites for hydroxylation is 2. The molecule has 0 aliphatic heterocycles. The van der Waals surface area contributed by atoms with Gasteiger partial charge in [-0.15, -0.1) is 0 Å². The molecule has 0 heterocycles. The van der Waals surface area contributed by atoms with Crippen molar-refractivity contribution in [3.05, 3.63) is 69.7 Å². The van der Waals surface area contributed by atoms with E-state index in [9.17, 15) is 0 Å². The molecular weight excluding hydrogens is 242 g/mol. The molecule has 1 nitrogen and oxygen atoms in total. The van der Waals surface area contributed by atoms with Crippen LogP contribution in [0.15, 0.2) is 47.5 Å². The Hall–Kier alpha value is -1.60. The Bertz CT molecular complexity index is 629. The van der Waals surface area contributed by atoms with Gasteiger partial charge in [-0.25, -0.2) is 0 Å². The number of aliphatic imine (C=N–C) groups is 1. The summed E-state index contributed by atoms with van der Waals surface area (Å²) < 4.78 is 0. The zero-order chi connectivity index (χ0) is 12.5. The summed E-state index contributed by atoms with van der Waals surface area (Å²) in [5.74, 6) is 0. The molecule has 0 N–H and O–H groups in total. The summed E-state index contributed by atoms with van der Waals surface area (Å²) in [6, 6.07) is 14.6. The van der Waals surface area contributed by atoms with Crippen LogP contribution in [0.2, 0.25) is 5.02 Å². The van der Waals surface area contributed by atoms with Crippen LogP contribution in [0.25, 0.3) is 0 Å². The molecule has 1 aliphatic carbocycles. The van der Waals surface area contributed by atoms with E-state index in [1.54, 1.807) is 0 Å². The maximum absolute atomic E-state index is 6.12. The Morgan fingerprint density at radius 3 is 2.44 bits per heavy atom. The number of hydrogen-bond donors (Lipinski definition) is 0. The van der Waals surface area contributed by atoms with Crippen molar-refractivity contribution in [2.45, 2.75) is 12.8 Å². The highest BCUT2D eigenvalue weighted by Gasteiger charge is 2.18. The minimum absolute atomic E-state index is 0.772. The Kier molecular flexibility index (Phi) is 2.92. The summed E-state index contributed by atoms with van der Waals surface area (Å²) in [7, 11) is 1.85. The van der Waals surface area contributed by atoms with Crippen molar-refractivity contribution < 1.29 is 0 Å². The second kappa shape index (κ2) is 4.58. The van der Waals surface area contributed by atoms with Crippen molar-refractivity contribution in [1.82, 2.24) is 0 Å². The first-order chi connectivity index (χ1) is 8.79. The van der Waals surface area contributed by atoms with Gasteiger partial charge >= 0.3 is 0 Å². The van der Waals surface area contributed by atoms with E-state index >= 15 is 0 Å². The number of halogens is 1. The first-order valence-corrected chi connectivity index (χ1v) is 6.51. The topological polar surface area (TPSA) is 12.4 Å². The van der Waals surface area contributed by atoms with E-state index in [1.165, 1.54) is 22.3 Å². The van der Waals surface area contributed by atoms with Gasteiger partial charge in [-0.3, -0.25) is 4.99 Å². The zero-order valence-corrected chi connectivity index (χ0v) is 11.0. The predicted molar refractivity (Wildman–Crippen MR) is 76.9 cm³/mol. The van der Waals surface area contributed by atoms with Gasteiger partial charge in [0.1, 0.15) is 0 Å². The van der Waals surface area contributed by atoms with Crippen LogP contribution < -0.4 is 0 Å². The van der Waals surface area contributed by atoms with Crippen molar-refractivity contribution in [3.63, 3.8) is 0 Å². The third kappa shape index (κ3) is 1.85. The molecule has 0 radical (unpaired) electrons. The Labute approximate surface area is 112 Å². The number of nitrogens with zero attached hydrogens (tertiary/aromatic N) is 1. The molecule has 0 bridgehead atoms. The van der Waals surface area contributed by atoms with Crippen molar-refractivity contribution in [1.29, 1.82) is 0 Å². The summed E-state index contributed by atoms with van der Waals surface area (Å²) >= 11 is 6.12. The van der Waals surface area contributed by atoms with Crippen LogP contribution in [0, 0.1) is 0 Å². The lowest BCUT2D eigenvalue weighted by atomic mass is 9.98. The standard InChI is InChI=1S/C16H14ClN/c1-18-16-14-5-3-2-4-11(14)6-7-12-8-9-13(17)10-15(12)16/h2-5,8-10H,6-7H2,1H3. The summed E-state index contributed by atoms with van der Waals surface area (Å²) in [5, 5.41) is 0.772. The molecule has 0 fully saturated rings. The van der Waals surface area contributed by atoms with E-state index in [0.29, 0.717) is 0 Å². The highest BCUT2D eigenvalue weighted by atomic mass is 35.5. The van der Waals surface area contributed by atoms with Gasteiger partial charge in [0.25, 0.3) is 0 Å². The molecule has 1 aliphatic rings. The minimum Gasteiger partial charge on any atom is -0.287 e. The van der Waals surface area contributed by atoms with Gasteiger partial charge in [-0.05, 0) is 36.1 Å². The molecule has 90 valence electrons. The summed E-state index contributed by atoms with van der Waals surface area (Å²) in [6.45, 7) is 0. The van der Waals surface area contributed by atoms with E-state index in [-0.39, 0.29) is 0 Å². The molecule has 2 aromatic carbocycles. The van der Waals surface area contributed by atoms with Gasteiger partial charge in [0, 0.05) is 23.2 Å². The fraction of sp³-hybridized carbons (Fsp3) is 0.188. The molecule has 2 heteroatoms. The van der Waals surface area contributed by atoms with Crippen LogP contribution in [0.5, 0.6) is 0 Å². The largest absolute Gasteiger partial charge is 0.287 e. The number of benzene rings is 2. The van der Waals surface area contributed by atoms with Gasteiger partial charge in [0.05, 0.1) is 5.71 Å². The van der Waals surface area contributed by atoms with Crippen LogP contribution in [-0.2, 0) is 12.8 Å². The van der Waals surface area contributed by atoms with E-state index in [2.05, 4.69) is 35.3 Å². The maximum Gasteiger partial charge on any atom is 0.0721 e. The molecule has 3 rings (SSSR count). The fourth-order valence-electron chi connectivity index (χ4n) is 2.61. The SMILES string of the molecule is CN=C1c2ccccc2CCc2ccc(Cl)cc21. The lowest BCUT2D eigenvalue weighted by molar-refractivity contribution is 0.965. The molecule has 0 aromatic heterocycles. The smallest absolute Gasteiger partial charge is 0.0721 e. The quantitative estimate of drug-likeness (QED) is 0.677. The lowest BCUT2D eigenvalue weighted by Gasteiger charge is -2.09. The average molecular weight is 256 g/mol. The van der Waals surface area contributed by atoms with Crippen molar-refractivity contribution >= 4 is 17.3 Å². The van der Waals surface area contributed by atoms with Crippen molar-refractivity contribution in [2.75, 3.05) is 7.05 Å². The van der Waals surface area contributed by atoms with Crippen LogP contribution in [0.1, 0.15) is 22.3 Å². The first-order valence-electron chi connectivity index (χ1n) is 6.13. The van der Waals surface area contributed by atoms with Gasteiger partial charge in [0.2, 0.25) is 0 Å². The number of fused-ring (bicyclic) bond motifs is 2. The van der Waals surface area contributed by atoms with E-state index in [4.69, 9.17) is 11.6 Å². The van der Waals surface area contributed by atoms with Crippen LogP contribution in [0.3, 0.4) is 0 Å². The predicted octanol–water partition coefficient (Wildman–Crippen LogP) is 3.91. The Morgan fingerprint density at radius 1 is 0.944 bits per heavy atom. The van der Waals surface area contributed by atoms with Gasteiger partial charge in [-0.1, -0.05) is 41.9 Å². The van der Waals surface area contributed by atoms with Gasteiger partial charge < -0.3 is 0 Å². The summed E-state index contributed by atoms with van der Waals surface area (Å²) in [5.41, 5.74) is 6.16. The van der Waals surface area contributed by atoms with Crippen LogP contribution >= 0.6 is 11.6 Å². The number of hydrogen-bond acceptors (Lipinski definition) is 1. The first kappa shape index (κ1) is 11.5. The molecule has 0 amide bonds. The normalized spacial score (nSPS) is 16.0. The Balaban J connectivity index is 2.27. The van der Waals surface area contributed by atoms with Gasteiger partial charge in [0.15, 0.2) is 0 Å². The third-order valence-corrected chi connectivity index (χ3v) is 3.72. The van der Waals surface area contributed by atoms with Crippen LogP contribution in [-0.4, -0.2) is 12.8 Å². The summed E-state index contributed by atoms with van der Waals surface area (Å²) in [6.07, 6.45) is 2.10. The van der Waals surface area contributed by atoms with Crippen molar-refractivity contribution in [2.24, 2.45) is 4.99 Å². The van der Waals surface area contributed by atoms with E-state index in [0.717, 1.165) is 23.6 Å². The fourth-order valence-corrected chi connectivity index (χ4v) is 2.78. The molecular formula is C16H14ClN. The average Bonchev–Trinajstić information content (AvgIpc) is 2.54. The highest BCUT2D eigenvalue weighted by molar-refractivity contribution is 6.31. The molecule has 18 heavy (non-hydrogen) atoms. The second-order valence-corrected chi connectivity index (χ2v) is 4.97. The maximum atomic E-state index is 6.12. The lowest BCUT2D eigenvalue weighted by Crippen LogP contribution is -2.05. The van der Waals surface area contributed by atoms with Crippen LogP contribution in [0.4, 0.5) is 0 Å². The molecule has 0 saturated heterocycles. The summed E-state index contributed by atoms with van der Waals surface area (Å²) in [4.78, 5) is 4.49. The third-order valence-electron chi connectivity index (χ3n) is 3.49. The minimum atomic E-state index is 0.772.